The van der Waals surface area contributed by atoms with Gasteiger partial charge in [-0.15, -0.1) is 0 Å². The predicted molar refractivity (Wildman–Crippen MR) is 115 cm³/mol. The van der Waals surface area contributed by atoms with E-state index in [1.165, 1.54) is 6.92 Å². The minimum absolute atomic E-state index is 0.00472. The van der Waals surface area contributed by atoms with Crippen LogP contribution in [0.3, 0.4) is 0 Å². The fraction of sp³-hybridized carbons (Fsp3) is 0.364. The Hall–Kier alpha value is -2.94. The molecule has 3 atom stereocenters. The summed E-state index contributed by atoms with van der Waals surface area (Å²) in [6.45, 7) is 1.43. The highest BCUT2D eigenvalue weighted by Crippen LogP contribution is 2.48. The first-order valence-corrected chi connectivity index (χ1v) is 11.0. The number of halogens is 1. The van der Waals surface area contributed by atoms with Gasteiger partial charge in [0.05, 0.1) is 18.0 Å². The molecule has 8 nitrogen and oxygen atoms in total. The minimum Gasteiger partial charge on any atom is -0.328 e. The summed E-state index contributed by atoms with van der Waals surface area (Å²) in [6, 6.07) is 6.90. The summed E-state index contributed by atoms with van der Waals surface area (Å²) in [7, 11) is 0. The Balaban J connectivity index is 1.38. The number of likely N-dealkylation sites (tertiary alicyclic amines) is 1. The van der Waals surface area contributed by atoms with Gasteiger partial charge < -0.3 is 4.90 Å². The van der Waals surface area contributed by atoms with E-state index in [-0.39, 0.29) is 36.5 Å². The van der Waals surface area contributed by atoms with E-state index in [4.69, 9.17) is 0 Å². The van der Waals surface area contributed by atoms with E-state index in [0.29, 0.717) is 39.2 Å². The maximum atomic E-state index is 13.3. The number of nitrogens with zero attached hydrogens (tertiary/aromatic N) is 5. The number of hydrogen-bond acceptors (Lipinski definition) is 6. The van der Waals surface area contributed by atoms with Gasteiger partial charge in [-0.2, -0.15) is 5.10 Å². The molecule has 1 saturated heterocycles. The number of fused-ring (bicyclic) bond motifs is 2. The maximum Gasteiger partial charge on any atom is 0.245 e. The van der Waals surface area contributed by atoms with Crippen molar-refractivity contribution in [3.8, 4) is 0 Å². The Bertz CT molecular complexity index is 1220. The number of pyridine rings is 2. The summed E-state index contributed by atoms with van der Waals surface area (Å²) < 4.78 is 2.23. The van der Waals surface area contributed by atoms with Crippen LogP contribution in [0.4, 0.5) is 0 Å². The van der Waals surface area contributed by atoms with Crippen LogP contribution in [0.5, 0.6) is 0 Å². The third kappa shape index (κ3) is 3.67. The van der Waals surface area contributed by atoms with Crippen LogP contribution in [0.2, 0.25) is 0 Å². The van der Waals surface area contributed by atoms with Crippen LogP contribution < -0.4 is 0 Å². The summed E-state index contributed by atoms with van der Waals surface area (Å²) >= 11 is 3.33. The van der Waals surface area contributed by atoms with Crippen molar-refractivity contribution in [2.24, 2.45) is 5.92 Å². The molecule has 0 bridgehead atoms. The van der Waals surface area contributed by atoms with E-state index in [2.05, 4.69) is 31.0 Å². The van der Waals surface area contributed by atoms with Gasteiger partial charge in [-0.05, 0) is 52.9 Å². The third-order valence-corrected chi connectivity index (χ3v) is 6.50. The molecule has 3 aromatic rings. The molecule has 9 heteroatoms. The zero-order chi connectivity index (χ0) is 21.7. The van der Waals surface area contributed by atoms with Crippen LogP contribution in [0, 0.1) is 5.92 Å². The molecule has 31 heavy (non-hydrogen) atoms. The SMILES string of the molecule is CC(=O)c1nn(CC(=O)N2[C@@H]3C[C@@H]3C[C@H]2C(=O)Cc2cccc(Br)n2)c2ccncc12. The normalized spacial score (nSPS) is 21.9. The highest BCUT2D eigenvalue weighted by molar-refractivity contribution is 9.10. The molecule has 1 saturated carbocycles. The fourth-order valence-electron chi connectivity index (χ4n) is 4.56. The average molecular weight is 482 g/mol. The van der Waals surface area contributed by atoms with E-state index in [1.54, 1.807) is 28.0 Å². The van der Waals surface area contributed by atoms with E-state index in [9.17, 15) is 14.4 Å². The lowest BCUT2D eigenvalue weighted by Gasteiger charge is -2.26. The molecule has 1 amide bonds. The molecular weight excluding hydrogens is 462 g/mol. The topological polar surface area (TPSA) is 98.1 Å². The molecule has 5 rings (SSSR count). The van der Waals surface area contributed by atoms with Gasteiger partial charge in [0.25, 0.3) is 0 Å². The van der Waals surface area contributed by atoms with E-state index in [0.717, 1.165) is 6.42 Å². The van der Waals surface area contributed by atoms with Crippen LogP contribution in [-0.4, -0.2) is 54.2 Å². The zero-order valence-corrected chi connectivity index (χ0v) is 18.4. The van der Waals surface area contributed by atoms with Crippen molar-refractivity contribution in [3.63, 3.8) is 0 Å². The van der Waals surface area contributed by atoms with Crippen molar-refractivity contribution in [2.75, 3.05) is 0 Å². The molecule has 0 N–H and O–H groups in total. The first kappa shape index (κ1) is 20.0. The Labute approximate surface area is 186 Å². The monoisotopic (exact) mass is 481 g/mol. The molecule has 0 spiro atoms. The van der Waals surface area contributed by atoms with Crippen LogP contribution in [0.15, 0.2) is 41.3 Å². The highest BCUT2D eigenvalue weighted by atomic mass is 79.9. The van der Waals surface area contributed by atoms with Crippen molar-refractivity contribution < 1.29 is 14.4 Å². The van der Waals surface area contributed by atoms with Crippen LogP contribution in [0.25, 0.3) is 10.9 Å². The van der Waals surface area contributed by atoms with Gasteiger partial charge in [0, 0.05) is 36.4 Å². The fourth-order valence-corrected chi connectivity index (χ4v) is 4.94. The van der Waals surface area contributed by atoms with Crippen molar-refractivity contribution in [2.45, 2.75) is 44.8 Å². The molecule has 2 aliphatic rings. The molecule has 0 radical (unpaired) electrons. The number of hydrogen-bond donors (Lipinski definition) is 0. The van der Waals surface area contributed by atoms with Gasteiger partial charge >= 0.3 is 0 Å². The summed E-state index contributed by atoms with van der Waals surface area (Å²) in [4.78, 5) is 48.4. The molecule has 0 unspecified atom stereocenters. The summed E-state index contributed by atoms with van der Waals surface area (Å²) in [5.41, 5.74) is 1.67. The molecule has 2 fully saturated rings. The van der Waals surface area contributed by atoms with Gasteiger partial charge in [0.1, 0.15) is 16.8 Å². The van der Waals surface area contributed by atoms with Crippen LogP contribution >= 0.6 is 15.9 Å². The van der Waals surface area contributed by atoms with Gasteiger partial charge in [0.2, 0.25) is 5.91 Å². The van der Waals surface area contributed by atoms with Crippen LogP contribution in [-0.2, 0) is 22.6 Å². The quantitative estimate of drug-likeness (QED) is 0.396. The summed E-state index contributed by atoms with van der Waals surface area (Å²) in [6.07, 6.45) is 5.03. The first-order valence-electron chi connectivity index (χ1n) is 10.2. The second-order valence-electron chi connectivity index (χ2n) is 8.17. The van der Waals surface area contributed by atoms with Crippen molar-refractivity contribution in [1.82, 2.24) is 24.6 Å². The number of Topliss-reactive ketones (excluding diaryl/α,β-unsaturated/α-hetero) is 2. The van der Waals surface area contributed by atoms with Gasteiger partial charge in [-0.1, -0.05) is 6.07 Å². The van der Waals surface area contributed by atoms with Crippen LogP contribution in [0.1, 0.15) is 35.9 Å². The van der Waals surface area contributed by atoms with Gasteiger partial charge in [-0.25, -0.2) is 4.98 Å². The molecule has 0 aromatic carbocycles. The van der Waals surface area contributed by atoms with Gasteiger partial charge in [0.15, 0.2) is 11.6 Å². The lowest BCUT2D eigenvalue weighted by Crippen LogP contribution is -2.45. The number of piperidine rings is 1. The number of aromatic nitrogens is 4. The Morgan fingerprint density at radius 2 is 2.03 bits per heavy atom. The Morgan fingerprint density at radius 1 is 1.19 bits per heavy atom. The summed E-state index contributed by atoms with van der Waals surface area (Å²) in [5, 5.41) is 4.99. The smallest absolute Gasteiger partial charge is 0.245 e. The highest BCUT2D eigenvalue weighted by Gasteiger charge is 2.55. The standard InChI is InChI=1S/C22H20BrN5O3/c1-12(29)22-15-10-24-6-5-16(15)27(26-22)11-21(31)28-17-7-13(17)8-18(28)19(30)9-14-3-2-4-20(23)25-14/h2-6,10,13,17-18H,7-9,11H2,1H3/t13-,17-,18+/m1/s1. The Kier molecular flexibility index (Phi) is 4.92. The van der Waals surface area contributed by atoms with E-state index >= 15 is 0 Å². The lowest BCUT2D eigenvalue weighted by molar-refractivity contribution is -0.139. The second kappa shape index (κ2) is 7.64. The van der Waals surface area contributed by atoms with Crippen molar-refractivity contribution >= 4 is 44.3 Å². The van der Waals surface area contributed by atoms with Crippen molar-refractivity contribution in [1.29, 1.82) is 0 Å². The molecular formula is C22H20BrN5O3. The molecule has 1 aliphatic heterocycles. The molecule has 4 heterocycles. The van der Waals surface area contributed by atoms with E-state index in [1.807, 2.05) is 18.2 Å². The lowest BCUT2D eigenvalue weighted by atomic mass is 10.0. The number of carbonyl (C=O) groups excluding carboxylic acids is 3. The Morgan fingerprint density at radius 3 is 2.81 bits per heavy atom. The minimum atomic E-state index is -0.437. The number of ketones is 2. The van der Waals surface area contributed by atoms with E-state index < -0.39 is 6.04 Å². The largest absolute Gasteiger partial charge is 0.328 e. The molecule has 158 valence electrons. The molecule has 3 aromatic heterocycles. The maximum absolute atomic E-state index is 13.3. The first-order chi connectivity index (χ1) is 14.9. The second-order valence-corrected chi connectivity index (χ2v) is 8.98. The third-order valence-electron chi connectivity index (χ3n) is 6.06. The summed E-state index contributed by atoms with van der Waals surface area (Å²) in [5.74, 6) is 0.0638. The number of rotatable bonds is 6. The number of amides is 1. The van der Waals surface area contributed by atoms with Gasteiger partial charge in [-0.3, -0.25) is 24.0 Å². The molecule has 1 aliphatic carbocycles. The average Bonchev–Trinajstić information content (AvgIpc) is 3.24. The number of carbonyl (C=O) groups is 3. The van der Waals surface area contributed by atoms with Crippen molar-refractivity contribution in [3.05, 3.63) is 52.7 Å². The zero-order valence-electron chi connectivity index (χ0n) is 16.9. The predicted octanol–water partition coefficient (Wildman–Crippen LogP) is 2.59.